The van der Waals surface area contributed by atoms with Gasteiger partial charge < -0.3 is 5.32 Å². The molecule has 0 atom stereocenters. The van der Waals surface area contributed by atoms with Gasteiger partial charge in [0.1, 0.15) is 12.0 Å². The van der Waals surface area contributed by atoms with Crippen LogP contribution in [0.4, 0.5) is 0 Å². The molecule has 6 heteroatoms. The highest BCUT2D eigenvalue weighted by molar-refractivity contribution is 7.09. The summed E-state index contributed by atoms with van der Waals surface area (Å²) < 4.78 is 0. The van der Waals surface area contributed by atoms with Crippen LogP contribution in [0.5, 0.6) is 0 Å². The van der Waals surface area contributed by atoms with Gasteiger partial charge in [-0.15, -0.1) is 11.3 Å². The minimum absolute atomic E-state index is 0.158. The van der Waals surface area contributed by atoms with E-state index >= 15 is 0 Å². The fourth-order valence-electron chi connectivity index (χ4n) is 1.94. The van der Waals surface area contributed by atoms with E-state index < -0.39 is 0 Å². The minimum Gasteiger partial charge on any atom is -0.347 e. The minimum atomic E-state index is -0.158. The second kappa shape index (κ2) is 6.91. The maximum absolute atomic E-state index is 12.1. The van der Waals surface area contributed by atoms with Crippen molar-refractivity contribution in [3.8, 4) is 0 Å². The molecule has 0 saturated heterocycles. The number of benzene rings is 1. The Kier molecular flexibility index (Phi) is 4.50. The van der Waals surface area contributed by atoms with Crippen LogP contribution in [0.1, 0.15) is 26.8 Å². The zero-order valence-corrected chi connectivity index (χ0v) is 12.6. The second-order valence-corrected chi connectivity index (χ2v) is 5.61. The van der Waals surface area contributed by atoms with Gasteiger partial charge in [0.25, 0.3) is 5.91 Å². The van der Waals surface area contributed by atoms with Crippen molar-refractivity contribution in [2.45, 2.75) is 13.0 Å². The number of hydrogen-bond donors (Lipinski definition) is 1. The van der Waals surface area contributed by atoms with Crippen molar-refractivity contribution < 1.29 is 4.79 Å². The largest absolute Gasteiger partial charge is 0.347 e. The highest BCUT2D eigenvalue weighted by Gasteiger charge is 2.11. The first kappa shape index (κ1) is 14.3. The maximum atomic E-state index is 12.1. The molecule has 0 spiro atoms. The summed E-state index contributed by atoms with van der Waals surface area (Å²) in [6.07, 6.45) is 3.82. The smallest absolute Gasteiger partial charge is 0.271 e. The Balaban J connectivity index is 1.60. The van der Waals surface area contributed by atoms with Crippen LogP contribution >= 0.6 is 11.3 Å². The van der Waals surface area contributed by atoms with E-state index in [-0.39, 0.29) is 5.91 Å². The molecule has 0 unspecified atom stereocenters. The SMILES string of the molecule is O=C(NCc1ccccc1)c1csc(Cc2ccncn2)n1. The summed E-state index contributed by atoms with van der Waals surface area (Å²) >= 11 is 1.46. The zero-order valence-electron chi connectivity index (χ0n) is 11.8. The zero-order chi connectivity index (χ0) is 15.2. The first-order valence-corrected chi connectivity index (χ1v) is 7.70. The van der Waals surface area contributed by atoms with E-state index in [9.17, 15) is 4.79 Å². The van der Waals surface area contributed by atoms with Gasteiger partial charge >= 0.3 is 0 Å². The molecular weight excluding hydrogens is 296 g/mol. The van der Waals surface area contributed by atoms with E-state index in [1.807, 2.05) is 36.4 Å². The Morgan fingerprint density at radius 3 is 2.82 bits per heavy atom. The Labute approximate surface area is 132 Å². The molecular formula is C16H14N4OS. The quantitative estimate of drug-likeness (QED) is 0.786. The van der Waals surface area contributed by atoms with Gasteiger partial charge in [-0.1, -0.05) is 30.3 Å². The molecule has 2 heterocycles. The number of hydrogen-bond acceptors (Lipinski definition) is 5. The van der Waals surface area contributed by atoms with E-state index in [0.717, 1.165) is 16.3 Å². The van der Waals surface area contributed by atoms with Crippen LogP contribution in [0, 0.1) is 0 Å². The molecule has 0 aliphatic heterocycles. The average Bonchev–Trinajstić information content (AvgIpc) is 3.03. The maximum Gasteiger partial charge on any atom is 0.271 e. The molecule has 3 aromatic rings. The summed E-state index contributed by atoms with van der Waals surface area (Å²) in [6.45, 7) is 0.498. The number of rotatable bonds is 5. The van der Waals surface area contributed by atoms with Gasteiger partial charge in [-0.2, -0.15) is 0 Å². The predicted molar refractivity (Wildman–Crippen MR) is 84.6 cm³/mol. The van der Waals surface area contributed by atoms with Crippen LogP contribution in [0.25, 0.3) is 0 Å². The van der Waals surface area contributed by atoms with Crippen molar-refractivity contribution in [2.75, 3.05) is 0 Å². The van der Waals surface area contributed by atoms with Crippen molar-refractivity contribution in [3.63, 3.8) is 0 Å². The van der Waals surface area contributed by atoms with Crippen LogP contribution in [0.15, 0.2) is 54.3 Å². The van der Waals surface area contributed by atoms with E-state index in [2.05, 4.69) is 20.3 Å². The molecule has 0 aliphatic carbocycles. The number of nitrogens with one attached hydrogen (secondary N) is 1. The summed E-state index contributed by atoms with van der Waals surface area (Å²) in [4.78, 5) is 24.5. The van der Waals surface area contributed by atoms with Crippen molar-refractivity contribution in [2.24, 2.45) is 0 Å². The molecule has 0 fully saturated rings. The topological polar surface area (TPSA) is 67.8 Å². The van der Waals surface area contributed by atoms with E-state index in [0.29, 0.717) is 18.7 Å². The Morgan fingerprint density at radius 1 is 1.18 bits per heavy atom. The Morgan fingerprint density at radius 2 is 2.05 bits per heavy atom. The van der Waals surface area contributed by atoms with Gasteiger partial charge in [0.05, 0.1) is 10.7 Å². The summed E-state index contributed by atoms with van der Waals surface area (Å²) in [6, 6.07) is 11.6. The monoisotopic (exact) mass is 310 g/mol. The molecule has 5 nitrogen and oxygen atoms in total. The average molecular weight is 310 g/mol. The molecule has 110 valence electrons. The van der Waals surface area contributed by atoms with E-state index in [1.54, 1.807) is 11.6 Å². The number of carbonyl (C=O) groups excluding carboxylic acids is 1. The fourth-order valence-corrected chi connectivity index (χ4v) is 2.73. The van der Waals surface area contributed by atoms with Crippen molar-refractivity contribution >= 4 is 17.2 Å². The van der Waals surface area contributed by atoms with E-state index in [1.165, 1.54) is 17.7 Å². The third kappa shape index (κ3) is 3.73. The summed E-state index contributed by atoms with van der Waals surface area (Å²) in [5.74, 6) is -0.158. The molecule has 0 radical (unpaired) electrons. The van der Waals surface area contributed by atoms with Crippen LogP contribution in [-0.4, -0.2) is 20.9 Å². The molecule has 3 rings (SSSR count). The Hall–Kier alpha value is -2.60. The third-order valence-electron chi connectivity index (χ3n) is 3.06. The lowest BCUT2D eigenvalue weighted by molar-refractivity contribution is 0.0946. The van der Waals surface area contributed by atoms with E-state index in [4.69, 9.17) is 0 Å². The highest BCUT2D eigenvalue weighted by Crippen LogP contribution is 2.13. The molecule has 2 aromatic heterocycles. The molecule has 1 N–H and O–H groups in total. The summed E-state index contributed by atoms with van der Waals surface area (Å²) in [5, 5.41) is 5.51. The fraction of sp³-hybridized carbons (Fsp3) is 0.125. The van der Waals surface area contributed by atoms with Gasteiger partial charge in [0.15, 0.2) is 0 Å². The number of aromatic nitrogens is 3. The third-order valence-corrected chi connectivity index (χ3v) is 3.90. The van der Waals surface area contributed by atoms with Gasteiger partial charge in [-0.05, 0) is 11.6 Å². The lowest BCUT2D eigenvalue weighted by atomic mass is 10.2. The normalized spacial score (nSPS) is 10.4. The lowest BCUT2D eigenvalue weighted by Crippen LogP contribution is -2.23. The molecule has 0 bridgehead atoms. The standard InChI is InChI=1S/C16H14N4OS/c21-16(18-9-12-4-2-1-3-5-12)14-10-22-15(20-14)8-13-6-7-17-11-19-13/h1-7,10-11H,8-9H2,(H,18,21). The van der Waals surface area contributed by atoms with Crippen LogP contribution < -0.4 is 5.32 Å². The summed E-state index contributed by atoms with van der Waals surface area (Å²) in [7, 11) is 0. The number of thiazole rings is 1. The predicted octanol–water partition coefficient (Wildman–Crippen LogP) is 2.45. The first-order valence-electron chi connectivity index (χ1n) is 6.82. The number of carbonyl (C=O) groups is 1. The molecule has 22 heavy (non-hydrogen) atoms. The van der Waals surface area contributed by atoms with Crippen LogP contribution in [-0.2, 0) is 13.0 Å². The van der Waals surface area contributed by atoms with Crippen molar-refractivity contribution in [1.29, 1.82) is 0 Å². The second-order valence-electron chi connectivity index (χ2n) is 4.67. The van der Waals surface area contributed by atoms with Crippen LogP contribution in [0.3, 0.4) is 0 Å². The van der Waals surface area contributed by atoms with Gasteiger partial charge in [0, 0.05) is 24.5 Å². The summed E-state index contributed by atoms with van der Waals surface area (Å²) in [5.41, 5.74) is 2.40. The van der Waals surface area contributed by atoms with Crippen molar-refractivity contribution in [1.82, 2.24) is 20.3 Å². The van der Waals surface area contributed by atoms with Gasteiger partial charge in [-0.3, -0.25) is 4.79 Å². The molecule has 0 saturated carbocycles. The highest BCUT2D eigenvalue weighted by atomic mass is 32.1. The molecule has 1 aromatic carbocycles. The van der Waals surface area contributed by atoms with Gasteiger partial charge in [-0.25, -0.2) is 15.0 Å². The molecule has 0 aliphatic rings. The van der Waals surface area contributed by atoms with Crippen molar-refractivity contribution in [3.05, 3.63) is 76.3 Å². The number of amides is 1. The Bertz CT molecular complexity index is 743. The first-order chi connectivity index (χ1) is 10.8. The number of nitrogens with zero attached hydrogens (tertiary/aromatic N) is 3. The van der Waals surface area contributed by atoms with Crippen LogP contribution in [0.2, 0.25) is 0 Å². The van der Waals surface area contributed by atoms with Gasteiger partial charge in [0.2, 0.25) is 0 Å². The lowest BCUT2D eigenvalue weighted by Gasteiger charge is -2.02. The molecule has 1 amide bonds.